The van der Waals surface area contributed by atoms with Crippen molar-refractivity contribution in [2.45, 2.75) is 23.8 Å². The average Bonchev–Trinajstić information content (AvgIpc) is 2.81. The molecule has 0 saturated heterocycles. The first-order valence-corrected chi connectivity index (χ1v) is 12.7. The second kappa shape index (κ2) is 12.1. The molecule has 0 saturated carbocycles. The van der Waals surface area contributed by atoms with Gasteiger partial charge in [0.05, 0.1) is 29.0 Å². The van der Waals surface area contributed by atoms with Crippen LogP contribution < -0.4 is 14.8 Å². The predicted octanol–water partition coefficient (Wildman–Crippen LogP) is 4.47. The Bertz CT molecular complexity index is 1280. The zero-order valence-corrected chi connectivity index (χ0v) is 20.6. The summed E-state index contributed by atoms with van der Waals surface area (Å²) in [6.07, 6.45) is 1.67. The van der Waals surface area contributed by atoms with Crippen molar-refractivity contribution in [3.05, 3.63) is 76.4 Å². The molecule has 0 aliphatic heterocycles. The number of carbonyl (C=O) groups is 1. The number of sulfonamides is 1. The van der Waals surface area contributed by atoms with Crippen molar-refractivity contribution >= 4 is 45.0 Å². The fourth-order valence-corrected chi connectivity index (χ4v) is 4.93. The molecule has 0 bridgehead atoms. The van der Waals surface area contributed by atoms with E-state index in [0.29, 0.717) is 25.3 Å². The number of phenols is 1. The third kappa shape index (κ3) is 7.72. The Hall–Kier alpha value is -3.05. The molecule has 186 valence electrons. The number of benzene rings is 2. The highest BCUT2D eigenvalue weighted by atomic mass is 35.5. The molecule has 0 amide bonds. The summed E-state index contributed by atoms with van der Waals surface area (Å²) >= 11 is 11.9. The van der Waals surface area contributed by atoms with E-state index >= 15 is 0 Å². The first-order valence-electron chi connectivity index (χ1n) is 10.5. The number of carboxylic acids is 1. The van der Waals surface area contributed by atoms with Crippen molar-refractivity contribution in [3.63, 3.8) is 0 Å². The van der Waals surface area contributed by atoms with Crippen molar-refractivity contribution in [2.24, 2.45) is 0 Å². The van der Waals surface area contributed by atoms with E-state index in [9.17, 15) is 23.4 Å². The number of hydrogen-bond donors (Lipinski definition) is 4. The van der Waals surface area contributed by atoms with E-state index in [0.717, 1.165) is 5.82 Å². The van der Waals surface area contributed by atoms with Gasteiger partial charge in [0.25, 0.3) is 0 Å². The molecule has 0 radical (unpaired) electrons. The lowest BCUT2D eigenvalue weighted by molar-refractivity contribution is -0.137. The van der Waals surface area contributed by atoms with Crippen molar-refractivity contribution in [1.82, 2.24) is 9.71 Å². The molecule has 1 aromatic heterocycles. The van der Waals surface area contributed by atoms with E-state index in [1.54, 1.807) is 12.3 Å². The number of aromatic hydroxyl groups is 1. The van der Waals surface area contributed by atoms with Crippen LogP contribution in [0.1, 0.15) is 24.4 Å². The molecular weight excluding hydrogens is 517 g/mol. The molecule has 3 rings (SSSR count). The van der Waals surface area contributed by atoms with Crippen LogP contribution in [0.15, 0.2) is 65.7 Å². The highest BCUT2D eigenvalue weighted by Crippen LogP contribution is 2.36. The molecule has 2 aromatic carbocycles. The Balaban J connectivity index is 1.68. The number of aromatic nitrogens is 1. The van der Waals surface area contributed by atoms with Crippen LogP contribution in [0.4, 0.5) is 5.82 Å². The summed E-state index contributed by atoms with van der Waals surface area (Å²) in [6.45, 7) is 0.937. The first-order chi connectivity index (χ1) is 16.7. The van der Waals surface area contributed by atoms with E-state index in [1.165, 1.54) is 30.3 Å². The van der Waals surface area contributed by atoms with E-state index < -0.39 is 34.2 Å². The number of pyridine rings is 1. The summed E-state index contributed by atoms with van der Waals surface area (Å²) < 4.78 is 34.1. The van der Waals surface area contributed by atoms with Gasteiger partial charge >= 0.3 is 5.97 Å². The number of aliphatic carboxylic acids is 1. The third-order valence-corrected chi connectivity index (χ3v) is 6.76. The Morgan fingerprint density at radius 3 is 2.63 bits per heavy atom. The fourth-order valence-electron chi connectivity index (χ4n) is 3.17. The summed E-state index contributed by atoms with van der Waals surface area (Å²) in [7, 11) is -4.20. The van der Waals surface area contributed by atoms with Crippen LogP contribution in [0.3, 0.4) is 0 Å². The van der Waals surface area contributed by atoms with Gasteiger partial charge in [0, 0.05) is 29.4 Å². The van der Waals surface area contributed by atoms with Gasteiger partial charge in [0.2, 0.25) is 10.0 Å². The first kappa shape index (κ1) is 26.6. The number of carboxylic acid groups (broad SMARTS) is 1. The van der Waals surface area contributed by atoms with Crippen LogP contribution in [-0.2, 0) is 14.8 Å². The fraction of sp³-hybridized carbons (Fsp3) is 0.217. The topological polar surface area (TPSA) is 138 Å². The van der Waals surface area contributed by atoms with Crippen LogP contribution in [0.5, 0.6) is 11.5 Å². The maximum atomic E-state index is 13.0. The highest BCUT2D eigenvalue weighted by molar-refractivity contribution is 7.89. The number of halogens is 2. The van der Waals surface area contributed by atoms with Gasteiger partial charge in [-0.05, 0) is 42.8 Å². The molecule has 0 aliphatic rings. The minimum absolute atomic E-state index is 0.0544. The van der Waals surface area contributed by atoms with Gasteiger partial charge in [-0.2, -0.15) is 0 Å². The SMILES string of the molecule is O=C(O)CC(NS(=O)(=O)c1cccc(OCCCNc2ccccn2)c1)c1cc(Cl)cc(Cl)c1O. The molecule has 0 fully saturated rings. The Morgan fingerprint density at radius 2 is 1.91 bits per heavy atom. The average molecular weight is 540 g/mol. The van der Waals surface area contributed by atoms with Gasteiger partial charge in [-0.1, -0.05) is 35.3 Å². The zero-order valence-electron chi connectivity index (χ0n) is 18.3. The van der Waals surface area contributed by atoms with E-state index in [1.807, 2.05) is 18.2 Å². The smallest absolute Gasteiger partial charge is 0.305 e. The normalized spacial score (nSPS) is 12.2. The maximum Gasteiger partial charge on any atom is 0.305 e. The van der Waals surface area contributed by atoms with Crippen LogP contribution >= 0.6 is 23.2 Å². The monoisotopic (exact) mass is 539 g/mol. The number of nitrogens with zero attached hydrogens (tertiary/aromatic N) is 1. The minimum atomic E-state index is -4.20. The van der Waals surface area contributed by atoms with Crippen molar-refractivity contribution < 1.29 is 28.2 Å². The number of hydrogen-bond acceptors (Lipinski definition) is 7. The number of anilines is 1. The van der Waals surface area contributed by atoms with E-state index in [-0.39, 0.29) is 20.5 Å². The lowest BCUT2D eigenvalue weighted by atomic mass is 10.0. The number of phenolic OH excluding ortho intramolecular Hbond substituents is 1. The number of ether oxygens (including phenoxy) is 1. The third-order valence-electron chi connectivity index (χ3n) is 4.79. The molecule has 3 aromatic rings. The Kier molecular flexibility index (Phi) is 9.16. The van der Waals surface area contributed by atoms with Gasteiger partial charge < -0.3 is 20.3 Å². The van der Waals surface area contributed by atoms with Gasteiger partial charge in [-0.15, -0.1) is 0 Å². The molecule has 1 atom stereocenters. The number of rotatable bonds is 12. The van der Waals surface area contributed by atoms with Crippen LogP contribution in [0.2, 0.25) is 10.0 Å². The largest absolute Gasteiger partial charge is 0.506 e. The zero-order chi connectivity index (χ0) is 25.4. The summed E-state index contributed by atoms with van der Waals surface area (Å²) in [5.74, 6) is -0.672. The molecule has 0 spiro atoms. The summed E-state index contributed by atoms with van der Waals surface area (Å²) in [6, 6.07) is 12.5. The molecule has 0 aliphatic carbocycles. The molecule has 4 N–H and O–H groups in total. The minimum Gasteiger partial charge on any atom is -0.506 e. The van der Waals surface area contributed by atoms with Crippen molar-refractivity contribution in [3.8, 4) is 11.5 Å². The maximum absolute atomic E-state index is 13.0. The lowest BCUT2D eigenvalue weighted by Crippen LogP contribution is -2.30. The van der Waals surface area contributed by atoms with Gasteiger partial charge in [-0.25, -0.2) is 18.1 Å². The summed E-state index contributed by atoms with van der Waals surface area (Å²) in [5.41, 5.74) is -0.0544. The molecule has 12 heteroatoms. The molecule has 1 heterocycles. The van der Waals surface area contributed by atoms with Crippen LogP contribution in [-0.4, -0.2) is 42.7 Å². The second-order valence-electron chi connectivity index (χ2n) is 7.42. The quantitative estimate of drug-likeness (QED) is 0.247. The van der Waals surface area contributed by atoms with Gasteiger partial charge in [0.15, 0.2) is 0 Å². The summed E-state index contributed by atoms with van der Waals surface area (Å²) in [5, 5.41) is 22.7. The van der Waals surface area contributed by atoms with Crippen LogP contribution in [0.25, 0.3) is 0 Å². The summed E-state index contributed by atoms with van der Waals surface area (Å²) in [4.78, 5) is 15.4. The van der Waals surface area contributed by atoms with Crippen molar-refractivity contribution in [2.75, 3.05) is 18.5 Å². The molecule has 35 heavy (non-hydrogen) atoms. The lowest BCUT2D eigenvalue weighted by Gasteiger charge is -2.20. The highest BCUT2D eigenvalue weighted by Gasteiger charge is 2.27. The Morgan fingerprint density at radius 1 is 1.11 bits per heavy atom. The van der Waals surface area contributed by atoms with Crippen molar-refractivity contribution in [1.29, 1.82) is 0 Å². The second-order valence-corrected chi connectivity index (χ2v) is 9.97. The Labute approximate surface area is 212 Å². The van der Waals surface area contributed by atoms with Gasteiger partial charge in [0.1, 0.15) is 17.3 Å². The number of nitrogens with one attached hydrogen (secondary N) is 2. The van der Waals surface area contributed by atoms with E-state index in [2.05, 4.69) is 15.0 Å². The molecular formula is C23H23Cl2N3O6S. The standard InChI is InChI=1S/C23H23Cl2N3O6S/c24-15-11-18(23(31)19(25)12-15)20(14-22(29)30)28-35(32,33)17-6-3-5-16(13-17)34-10-4-9-27-21-7-1-2-8-26-21/h1-3,5-8,11-13,20,28,31H,4,9-10,14H2,(H,26,27)(H,29,30). The molecule has 9 nitrogen and oxygen atoms in total. The predicted molar refractivity (Wildman–Crippen MR) is 133 cm³/mol. The van der Waals surface area contributed by atoms with E-state index in [4.69, 9.17) is 27.9 Å². The van der Waals surface area contributed by atoms with Gasteiger partial charge in [-0.3, -0.25) is 4.79 Å². The molecule has 1 unspecified atom stereocenters. The van der Waals surface area contributed by atoms with Crippen LogP contribution in [0, 0.1) is 0 Å².